The maximum Gasteiger partial charge on any atom is 0.253 e. The van der Waals surface area contributed by atoms with Crippen LogP contribution in [0.15, 0.2) is 59.2 Å². The van der Waals surface area contributed by atoms with Crippen LogP contribution in [0.4, 0.5) is 0 Å². The minimum absolute atomic E-state index is 0.0778. The SMILES string of the molecule is Cc1cc(OCc2ccc(C(=O)N3CCN(Cc4ccco4)CC3)cc2)cc(C)c1Cl. The van der Waals surface area contributed by atoms with Crippen LogP contribution in [0.5, 0.6) is 5.75 Å². The molecule has 1 saturated heterocycles. The van der Waals surface area contributed by atoms with Gasteiger partial charge in [-0.1, -0.05) is 23.7 Å². The number of aryl methyl sites for hydroxylation is 2. The van der Waals surface area contributed by atoms with Gasteiger partial charge in [-0.2, -0.15) is 0 Å². The minimum Gasteiger partial charge on any atom is -0.489 e. The fourth-order valence-electron chi connectivity index (χ4n) is 3.81. The zero-order valence-corrected chi connectivity index (χ0v) is 18.7. The molecule has 1 fully saturated rings. The van der Waals surface area contributed by atoms with Gasteiger partial charge in [-0.15, -0.1) is 0 Å². The van der Waals surface area contributed by atoms with Crippen LogP contribution in [-0.2, 0) is 13.2 Å². The predicted octanol–water partition coefficient (Wildman–Crippen LogP) is 5.09. The summed E-state index contributed by atoms with van der Waals surface area (Å²) in [5, 5.41) is 0.775. The summed E-state index contributed by atoms with van der Waals surface area (Å²) in [6.45, 7) is 8.31. The van der Waals surface area contributed by atoms with Crippen molar-refractivity contribution in [3.05, 3.63) is 87.8 Å². The number of carbonyl (C=O) groups excluding carboxylic acids is 1. The number of amides is 1. The molecule has 1 amide bonds. The maximum absolute atomic E-state index is 12.9. The number of piperazine rings is 1. The number of halogens is 1. The third-order valence-electron chi connectivity index (χ3n) is 5.64. The Morgan fingerprint density at radius 1 is 1.03 bits per heavy atom. The molecule has 0 radical (unpaired) electrons. The van der Waals surface area contributed by atoms with E-state index < -0.39 is 0 Å². The molecule has 31 heavy (non-hydrogen) atoms. The van der Waals surface area contributed by atoms with Gasteiger partial charge in [-0.3, -0.25) is 9.69 Å². The highest BCUT2D eigenvalue weighted by Crippen LogP contribution is 2.26. The summed E-state index contributed by atoms with van der Waals surface area (Å²) in [5.41, 5.74) is 3.73. The summed E-state index contributed by atoms with van der Waals surface area (Å²) >= 11 is 6.22. The monoisotopic (exact) mass is 438 g/mol. The Hall–Kier alpha value is -2.76. The number of benzene rings is 2. The van der Waals surface area contributed by atoms with Crippen molar-refractivity contribution in [3.63, 3.8) is 0 Å². The van der Waals surface area contributed by atoms with Crippen molar-refractivity contribution in [1.29, 1.82) is 0 Å². The van der Waals surface area contributed by atoms with E-state index in [1.807, 2.05) is 67.3 Å². The van der Waals surface area contributed by atoms with Gasteiger partial charge in [0.2, 0.25) is 0 Å². The molecule has 1 aliphatic rings. The Morgan fingerprint density at radius 3 is 2.32 bits per heavy atom. The molecule has 6 heteroatoms. The highest BCUT2D eigenvalue weighted by atomic mass is 35.5. The number of rotatable bonds is 6. The summed E-state index contributed by atoms with van der Waals surface area (Å²) in [4.78, 5) is 17.1. The zero-order valence-electron chi connectivity index (χ0n) is 17.9. The quantitative estimate of drug-likeness (QED) is 0.538. The van der Waals surface area contributed by atoms with Crippen molar-refractivity contribution < 1.29 is 13.9 Å². The lowest BCUT2D eigenvalue weighted by atomic mass is 10.1. The first kappa shape index (κ1) is 21.5. The third kappa shape index (κ3) is 5.30. The molecule has 0 bridgehead atoms. The van der Waals surface area contributed by atoms with E-state index in [0.717, 1.165) is 65.9 Å². The van der Waals surface area contributed by atoms with Crippen LogP contribution < -0.4 is 4.74 Å². The first-order chi connectivity index (χ1) is 15.0. The summed E-state index contributed by atoms with van der Waals surface area (Å²) in [7, 11) is 0. The van der Waals surface area contributed by atoms with E-state index in [0.29, 0.717) is 12.2 Å². The lowest BCUT2D eigenvalue weighted by molar-refractivity contribution is 0.0620. The van der Waals surface area contributed by atoms with Crippen LogP contribution >= 0.6 is 11.6 Å². The van der Waals surface area contributed by atoms with Gasteiger partial charge in [0, 0.05) is 36.8 Å². The fourth-order valence-corrected chi connectivity index (χ4v) is 3.92. The molecule has 0 atom stereocenters. The van der Waals surface area contributed by atoms with Crippen molar-refractivity contribution in [3.8, 4) is 5.75 Å². The highest BCUT2D eigenvalue weighted by Gasteiger charge is 2.22. The van der Waals surface area contributed by atoms with Crippen LogP contribution in [-0.4, -0.2) is 41.9 Å². The average Bonchev–Trinajstić information content (AvgIpc) is 3.29. The lowest BCUT2D eigenvalue weighted by Crippen LogP contribution is -2.48. The van der Waals surface area contributed by atoms with E-state index in [9.17, 15) is 4.79 Å². The van der Waals surface area contributed by atoms with Gasteiger partial charge in [0.1, 0.15) is 18.1 Å². The van der Waals surface area contributed by atoms with Crippen LogP contribution in [0, 0.1) is 13.8 Å². The van der Waals surface area contributed by atoms with Gasteiger partial charge in [-0.05, 0) is 66.9 Å². The second-order valence-electron chi connectivity index (χ2n) is 8.00. The van der Waals surface area contributed by atoms with E-state index in [2.05, 4.69) is 4.90 Å². The van der Waals surface area contributed by atoms with Gasteiger partial charge in [0.05, 0.1) is 12.8 Å². The number of carbonyl (C=O) groups is 1. The van der Waals surface area contributed by atoms with Crippen molar-refractivity contribution in [2.75, 3.05) is 26.2 Å². The Bertz CT molecular complexity index is 1000. The molecule has 2 aromatic carbocycles. The largest absolute Gasteiger partial charge is 0.489 e. The molecule has 3 aromatic rings. The standard InChI is InChI=1S/C25H27ClN2O3/c1-18-14-23(15-19(2)24(18)26)31-17-20-5-7-21(8-6-20)25(29)28-11-9-27(10-12-28)16-22-4-3-13-30-22/h3-8,13-15H,9-12,16-17H2,1-2H3. The summed E-state index contributed by atoms with van der Waals surface area (Å²) < 4.78 is 11.3. The zero-order chi connectivity index (χ0) is 21.8. The van der Waals surface area contributed by atoms with E-state index in [1.54, 1.807) is 6.26 Å². The summed E-state index contributed by atoms with van der Waals surface area (Å²) in [5.74, 6) is 1.84. The number of furan rings is 1. The molecular formula is C25H27ClN2O3. The van der Waals surface area contributed by atoms with Gasteiger partial charge in [0.15, 0.2) is 0 Å². The summed E-state index contributed by atoms with van der Waals surface area (Å²) in [6, 6.07) is 15.5. The van der Waals surface area contributed by atoms with E-state index in [-0.39, 0.29) is 5.91 Å². The fraction of sp³-hybridized carbons (Fsp3) is 0.320. The number of ether oxygens (including phenoxy) is 1. The van der Waals surface area contributed by atoms with E-state index in [1.165, 1.54) is 0 Å². The first-order valence-corrected chi connectivity index (χ1v) is 10.9. The Labute approximate surface area is 188 Å². The molecule has 2 heterocycles. The number of hydrogen-bond acceptors (Lipinski definition) is 4. The highest BCUT2D eigenvalue weighted by molar-refractivity contribution is 6.32. The Balaban J connectivity index is 1.29. The van der Waals surface area contributed by atoms with Crippen molar-refractivity contribution in [1.82, 2.24) is 9.80 Å². The third-order valence-corrected chi connectivity index (χ3v) is 6.23. The molecule has 1 aliphatic heterocycles. The van der Waals surface area contributed by atoms with Crippen molar-refractivity contribution >= 4 is 17.5 Å². The Kier molecular flexibility index (Phi) is 6.64. The van der Waals surface area contributed by atoms with Gasteiger partial charge in [-0.25, -0.2) is 0 Å². The molecule has 1 aromatic heterocycles. The maximum atomic E-state index is 12.9. The van der Waals surface area contributed by atoms with Crippen LogP contribution in [0.25, 0.3) is 0 Å². The smallest absolute Gasteiger partial charge is 0.253 e. The first-order valence-electron chi connectivity index (χ1n) is 10.5. The molecule has 0 saturated carbocycles. The van der Waals surface area contributed by atoms with E-state index >= 15 is 0 Å². The number of hydrogen-bond donors (Lipinski definition) is 0. The minimum atomic E-state index is 0.0778. The normalized spacial score (nSPS) is 14.6. The van der Waals surface area contributed by atoms with Crippen LogP contribution in [0.2, 0.25) is 5.02 Å². The molecule has 162 valence electrons. The number of nitrogens with zero attached hydrogens (tertiary/aromatic N) is 2. The van der Waals surface area contributed by atoms with Crippen LogP contribution in [0.1, 0.15) is 32.8 Å². The second kappa shape index (κ2) is 9.58. The molecule has 0 N–H and O–H groups in total. The van der Waals surface area contributed by atoms with E-state index in [4.69, 9.17) is 20.8 Å². The summed E-state index contributed by atoms with van der Waals surface area (Å²) in [6.07, 6.45) is 1.70. The molecular weight excluding hydrogens is 412 g/mol. The van der Waals surface area contributed by atoms with Gasteiger partial charge in [0.25, 0.3) is 5.91 Å². The molecule has 0 aliphatic carbocycles. The molecule has 0 unspecified atom stereocenters. The van der Waals surface area contributed by atoms with Crippen LogP contribution in [0.3, 0.4) is 0 Å². The molecule has 5 nitrogen and oxygen atoms in total. The molecule has 4 rings (SSSR count). The molecule has 0 spiro atoms. The van der Waals surface area contributed by atoms with Crippen molar-refractivity contribution in [2.45, 2.75) is 27.0 Å². The topological polar surface area (TPSA) is 45.9 Å². The lowest BCUT2D eigenvalue weighted by Gasteiger charge is -2.34. The second-order valence-corrected chi connectivity index (χ2v) is 8.38. The van der Waals surface area contributed by atoms with Crippen molar-refractivity contribution in [2.24, 2.45) is 0 Å². The van der Waals surface area contributed by atoms with Gasteiger partial charge >= 0.3 is 0 Å². The Morgan fingerprint density at radius 2 is 1.71 bits per heavy atom. The average molecular weight is 439 g/mol. The predicted molar refractivity (Wildman–Crippen MR) is 122 cm³/mol. The van der Waals surface area contributed by atoms with Gasteiger partial charge < -0.3 is 14.1 Å².